The number of anilines is 1. The maximum absolute atomic E-state index is 12.4. The Morgan fingerprint density at radius 3 is 2.57 bits per heavy atom. The summed E-state index contributed by atoms with van der Waals surface area (Å²) in [7, 11) is 0. The molecule has 1 rings (SSSR count). The maximum Gasteiger partial charge on any atom is 0.321 e. The molecule has 0 saturated carbocycles. The summed E-state index contributed by atoms with van der Waals surface area (Å²) in [5.41, 5.74) is 1.68. The molecule has 0 unspecified atom stereocenters. The topological polar surface area (TPSA) is 52.6 Å². The number of benzene rings is 1. The summed E-state index contributed by atoms with van der Waals surface area (Å²) < 4.78 is 0. The molecule has 0 fully saturated rings. The van der Waals surface area contributed by atoms with E-state index in [9.17, 15) is 4.79 Å². The van der Waals surface area contributed by atoms with Crippen LogP contribution in [0, 0.1) is 12.3 Å². The molecule has 21 heavy (non-hydrogen) atoms. The molecule has 118 valence electrons. The zero-order valence-corrected chi connectivity index (χ0v) is 14.0. The minimum atomic E-state index is -0.149. The summed E-state index contributed by atoms with van der Waals surface area (Å²) in [4.78, 5) is 14.2. The van der Waals surface area contributed by atoms with Crippen LogP contribution in [0.15, 0.2) is 18.2 Å². The Morgan fingerprint density at radius 1 is 1.38 bits per heavy atom. The van der Waals surface area contributed by atoms with Crippen molar-refractivity contribution in [2.75, 3.05) is 25.0 Å². The molecule has 0 aliphatic heterocycles. The number of carbonyl (C=O) groups is 1. The number of carbonyl (C=O) groups excluding carboxylic acids is 1. The number of nitrogens with zero attached hydrogens (tertiary/aromatic N) is 1. The molecular weight excluding hydrogens is 288 g/mol. The molecule has 2 amide bonds. The van der Waals surface area contributed by atoms with Gasteiger partial charge in [0.1, 0.15) is 0 Å². The number of rotatable bonds is 5. The first-order valence-electron chi connectivity index (χ1n) is 7.16. The van der Waals surface area contributed by atoms with E-state index < -0.39 is 0 Å². The molecule has 1 aromatic carbocycles. The summed E-state index contributed by atoms with van der Waals surface area (Å²) in [5, 5.41) is 12.6. The van der Waals surface area contributed by atoms with Crippen molar-refractivity contribution >= 4 is 23.3 Å². The highest BCUT2D eigenvalue weighted by Crippen LogP contribution is 2.21. The van der Waals surface area contributed by atoms with Crippen molar-refractivity contribution in [2.45, 2.75) is 34.1 Å². The van der Waals surface area contributed by atoms with Gasteiger partial charge < -0.3 is 15.3 Å². The number of hydrogen-bond donors (Lipinski definition) is 2. The van der Waals surface area contributed by atoms with Gasteiger partial charge in [0.25, 0.3) is 0 Å². The predicted octanol–water partition coefficient (Wildman–Crippen LogP) is 3.91. The van der Waals surface area contributed by atoms with Crippen LogP contribution < -0.4 is 5.32 Å². The van der Waals surface area contributed by atoms with E-state index >= 15 is 0 Å². The van der Waals surface area contributed by atoms with Gasteiger partial charge >= 0.3 is 6.03 Å². The third-order valence-corrected chi connectivity index (χ3v) is 3.20. The van der Waals surface area contributed by atoms with E-state index in [1.165, 1.54) is 0 Å². The van der Waals surface area contributed by atoms with Gasteiger partial charge in [0.15, 0.2) is 0 Å². The second-order valence-electron chi connectivity index (χ2n) is 6.45. The highest BCUT2D eigenvalue weighted by atomic mass is 35.5. The number of urea groups is 1. The predicted molar refractivity (Wildman–Crippen MR) is 87.9 cm³/mol. The number of aliphatic hydroxyl groups is 1. The zero-order chi connectivity index (χ0) is 16.0. The summed E-state index contributed by atoms with van der Waals surface area (Å²) in [6, 6.07) is 5.23. The molecule has 0 bridgehead atoms. The first kappa shape index (κ1) is 17.8. The fourth-order valence-electron chi connectivity index (χ4n) is 2.05. The molecule has 0 heterocycles. The van der Waals surface area contributed by atoms with E-state index in [1.54, 1.807) is 17.0 Å². The van der Waals surface area contributed by atoms with E-state index in [4.69, 9.17) is 16.7 Å². The van der Waals surface area contributed by atoms with Gasteiger partial charge in [-0.3, -0.25) is 0 Å². The summed E-state index contributed by atoms with van der Waals surface area (Å²) in [6.07, 6.45) is 0.573. The van der Waals surface area contributed by atoms with Crippen LogP contribution in [0.4, 0.5) is 10.5 Å². The van der Waals surface area contributed by atoms with Gasteiger partial charge in [-0.05, 0) is 42.5 Å². The molecule has 0 atom stereocenters. The van der Waals surface area contributed by atoms with Crippen LogP contribution >= 0.6 is 11.6 Å². The van der Waals surface area contributed by atoms with Crippen molar-refractivity contribution in [2.24, 2.45) is 5.41 Å². The van der Waals surface area contributed by atoms with Gasteiger partial charge in [0, 0.05) is 30.4 Å². The van der Waals surface area contributed by atoms with Crippen molar-refractivity contribution in [3.05, 3.63) is 28.8 Å². The van der Waals surface area contributed by atoms with Crippen LogP contribution in [-0.4, -0.2) is 35.7 Å². The van der Waals surface area contributed by atoms with Crippen LogP contribution in [0.5, 0.6) is 0 Å². The van der Waals surface area contributed by atoms with Crippen LogP contribution in [-0.2, 0) is 0 Å². The molecule has 0 aromatic heterocycles. The molecule has 0 radical (unpaired) electrons. The molecule has 0 aliphatic rings. The summed E-state index contributed by atoms with van der Waals surface area (Å²) >= 11 is 5.92. The van der Waals surface area contributed by atoms with Crippen molar-refractivity contribution < 1.29 is 9.90 Å². The molecule has 5 heteroatoms. The minimum absolute atomic E-state index is 0.00182. The standard InChI is InChI=1S/C16H25ClN2O2/c1-12-10-13(17)6-7-14(12)18-15(21)19(8-5-9-20)11-16(2,3)4/h6-7,10,20H,5,8-9,11H2,1-4H3,(H,18,21). The Bertz CT molecular complexity index is 484. The van der Waals surface area contributed by atoms with E-state index in [0.717, 1.165) is 11.3 Å². The average molecular weight is 313 g/mol. The largest absolute Gasteiger partial charge is 0.396 e. The molecule has 4 nitrogen and oxygen atoms in total. The first-order valence-corrected chi connectivity index (χ1v) is 7.53. The Morgan fingerprint density at radius 2 is 2.05 bits per heavy atom. The van der Waals surface area contributed by atoms with E-state index in [2.05, 4.69) is 26.1 Å². The molecule has 0 aliphatic carbocycles. The van der Waals surface area contributed by atoms with Crippen molar-refractivity contribution in [1.29, 1.82) is 0 Å². The first-order chi connectivity index (χ1) is 9.73. The van der Waals surface area contributed by atoms with Crippen molar-refractivity contribution in [3.8, 4) is 0 Å². The van der Waals surface area contributed by atoms with Crippen molar-refractivity contribution in [1.82, 2.24) is 4.90 Å². The average Bonchev–Trinajstić information content (AvgIpc) is 2.36. The molecule has 0 saturated heterocycles. The number of aliphatic hydroxyl groups excluding tert-OH is 1. The quantitative estimate of drug-likeness (QED) is 0.866. The number of hydrogen-bond acceptors (Lipinski definition) is 2. The number of halogens is 1. The second kappa shape index (κ2) is 7.66. The van der Waals surface area contributed by atoms with Gasteiger partial charge in [-0.1, -0.05) is 32.4 Å². The minimum Gasteiger partial charge on any atom is -0.396 e. The molecule has 2 N–H and O–H groups in total. The Labute approximate surface area is 132 Å². The molecule has 0 spiro atoms. The summed E-state index contributed by atoms with van der Waals surface area (Å²) in [6.45, 7) is 9.40. The summed E-state index contributed by atoms with van der Waals surface area (Å²) in [5.74, 6) is 0. The third kappa shape index (κ3) is 6.36. The smallest absolute Gasteiger partial charge is 0.321 e. The maximum atomic E-state index is 12.4. The van der Waals surface area contributed by atoms with Crippen LogP contribution in [0.25, 0.3) is 0 Å². The molecular formula is C16H25ClN2O2. The van der Waals surface area contributed by atoms with Gasteiger partial charge in [-0.25, -0.2) is 4.79 Å². The second-order valence-corrected chi connectivity index (χ2v) is 6.89. The normalized spacial score (nSPS) is 11.3. The lowest BCUT2D eigenvalue weighted by Gasteiger charge is -2.30. The fraction of sp³-hybridized carbons (Fsp3) is 0.562. The van der Waals surface area contributed by atoms with E-state index in [1.807, 2.05) is 13.0 Å². The number of nitrogens with one attached hydrogen (secondary N) is 1. The Balaban J connectivity index is 2.79. The van der Waals surface area contributed by atoms with Gasteiger partial charge in [-0.15, -0.1) is 0 Å². The highest BCUT2D eigenvalue weighted by molar-refractivity contribution is 6.30. The van der Waals surface area contributed by atoms with Gasteiger partial charge in [0.05, 0.1) is 0 Å². The number of aryl methyl sites for hydroxylation is 1. The van der Waals surface area contributed by atoms with Crippen LogP contribution in [0.1, 0.15) is 32.8 Å². The SMILES string of the molecule is Cc1cc(Cl)ccc1NC(=O)N(CCCO)CC(C)(C)C. The van der Waals surface area contributed by atoms with Gasteiger partial charge in [0.2, 0.25) is 0 Å². The Hall–Kier alpha value is -1.26. The lowest BCUT2D eigenvalue weighted by atomic mass is 9.96. The van der Waals surface area contributed by atoms with E-state index in [0.29, 0.717) is 24.5 Å². The lowest BCUT2D eigenvalue weighted by molar-refractivity contribution is 0.176. The monoisotopic (exact) mass is 312 g/mol. The lowest BCUT2D eigenvalue weighted by Crippen LogP contribution is -2.41. The zero-order valence-electron chi connectivity index (χ0n) is 13.2. The highest BCUT2D eigenvalue weighted by Gasteiger charge is 2.21. The van der Waals surface area contributed by atoms with E-state index in [-0.39, 0.29) is 18.1 Å². The number of amides is 2. The molecule has 1 aromatic rings. The fourth-order valence-corrected chi connectivity index (χ4v) is 2.27. The third-order valence-electron chi connectivity index (χ3n) is 2.97. The Kier molecular flexibility index (Phi) is 6.49. The van der Waals surface area contributed by atoms with Gasteiger partial charge in [-0.2, -0.15) is 0 Å². The van der Waals surface area contributed by atoms with Crippen LogP contribution in [0.2, 0.25) is 5.02 Å². The van der Waals surface area contributed by atoms with Crippen molar-refractivity contribution in [3.63, 3.8) is 0 Å². The van der Waals surface area contributed by atoms with Crippen LogP contribution in [0.3, 0.4) is 0 Å².